The number of hydrogen-bond acceptors (Lipinski definition) is 4. The summed E-state index contributed by atoms with van der Waals surface area (Å²) in [6, 6.07) is 0. The predicted octanol–water partition coefficient (Wildman–Crippen LogP) is -0.970. The van der Waals surface area contributed by atoms with Crippen LogP contribution in [0.5, 0.6) is 0 Å². The van der Waals surface area contributed by atoms with E-state index in [1.54, 1.807) is 7.11 Å². The van der Waals surface area contributed by atoms with Gasteiger partial charge in [-0.25, -0.2) is 0 Å². The highest BCUT2D eigenvalue weighted by molar-refractivity contribution is 5.77. The maximum Gasteiger partial charge on any atom is 0.234 e. The Hall–Kier alpha value is -0.650. The summed E-state index contributed by atoms with van der Waals surface area (Å²) in [7, 11) is 1.65. The van der Waals surface area contributed by atoms with Crippen LogP contribution in [0.15, 0.2) is 0 Å². The van der Waals surface area contributed by atoms with Crippen molar-refractivity contribution in [3.63, 3.8) is 0 Å². The summed E-state index contributed by atoms with van der Waals surface area (Å²) in [4.78, 5) is 13.2. The minimum atomic E-state index is 0.0389. The fraction of sp³-hybridized carbons (Fsp3) is 0.889. The average Bonchev–Trinajstić information content (AvgIpc) is 2.15. The molecule has 1 amide bonds. The maximum atomic E-state index is 11.3. The molecule has 0 aromatic rings. The molecule has 84 valence electrons. The molecule has 0 rings (SSSR count). The minimum Gasteiger partial charge on any atom is -0.383 e. The average molecular weight is 203 g/mol. The number of ether oxygens (including phenoxy) is 1. The number of amides is 1. The number of methoxy groups -OCH3 is 1. The number of nitrogens with zero attached hydrogens (tertiary/aromatic N) is 1. The lowest BCUT2D eigenvalue weighted by Gasteiger charge is -2.20. The van der Waals surface area contributed by atoms with E-state index in [2.05, 4.69) is 5.32 Å². The molecule has 0 aliphatic heterocycles. The Morgan fingerprint density at radius 3 is 2.71 bits per heavy atom. The lowest BCUT2D eigenvalue weighted by atomic mass is 10.4. The molecule has 0 bridgehead atoms. The number of nitrogens with two attached hydrogens (primary N) is 1. The van der Waals surface area contributed by atoms with Gasteiger partial charge in [0.2, 0.25) is 5.91 Å². The summed E-state index contributed by atoms with van der Waals surface area (Å²) in [5.41, 5.74) is 5.44. The van der Waals surface area contributed by atoms with Crippen LogP contribution in [-0.4, -0.2) is 57.2 Å². The molecular weight excluding hydrogens is 182 g/mol. The van der Waals surface area contributed by atoms with Crippen molar-refractivity contribution in [3.8, 4) is 0 Å². The second-order valence-corrected chi connectivity index (χ2v) is 3.01. The van der Waals surface area contributed by atoms with Gasteiger partial charge in [-0.05, 0) is 6.92 Å². The van der Waals surface area contributed by atoms with Gasteiger partial charge in [-0.1, -0.05) is 0 Å². The SMILES string of the molecule is CCNC(=O)CN(CCN)CCOC. The summed E-state index contributed by atoms with van der Waals surface area (Å²) < 4.78 is 4.95. The van der Waals surface area contributed by atoms with E-state index in [9.17, 15) is 4.79 Å². The Morgan fingerprint density at radius 1 is 1.50 bits per heavy atom. The maximum absolute atomic E-state index is 11.3. The number of hydrogen-bond donors (Lipinski definition) is 2. The first-order valence-electron chi connectivity index (χ1n) is 4.92. The van der Waals surface area contributed by atoms with E-state index >= 15 is 0 Å². The van der Waals surface area contributed by atoms with Crippen molar-refractivity contribution in [2.24, 2.45) is 5.73 Å². The van der Waals surface area contributed by atoms with Crippen LogP contribution in [0.25, 0.3) is 0 Å². The molecule has 0 spiro atoms. The van der Waals surface area contributed by atoms with Crippen LogP contribution in [0, 0.1) is 0 Å². The highest BCUT2D eigenvalue weighted by Crippen LogP contribution is 1.87. The number of likely N-dealkylation sites (N-methyl/N-ethyl adjacent to an activating group) is 1. The molecule has 0 atom stereocenters. The molecule has 0 radical (unpaired) electrons. The van der Waals surface area contributed by atoms with Gasteiger partial charge in [0.25, 0.3) is 0 Å². The Bertz CT molecular complexity index is 153. The van der Waals surface area contributed by atoms with E-state index in [0.717, 1.165) is 13.1 Å². The van der Waals surface area contributed by atoms with Gasteiger partial charge in [0.15, 0.2) is 0 Å². The van der Waals surface area contributed by atoms with E-state index in [1.807, 2.05) is 11.8 Å². The van der Waals surface area contributed by atoms with Crippen LogP contribution in [0.3, 0.4) is 0 Å². The highest BCUT2D eigenvalue weighted by Gasteiger charge is 2.08. The normalized spacial score (nSPS) is 10.6. The van der Waals surface area contributed by atoms with Gasteiger partial charge in [0.1, 0.15) is 0 Å². The van der Waals surface area contributed by atoms with Crippen LogP contribution in [0.1, 0.15) is 6.92 Å². The van der Waals surface area contributed by atoms with E-state index in [0.29, 0.717) is 26.2 Å². The Balaban J connectivity index is 3.75. The van der Waals surface area contributed by atoms with E-state index in [1.165, 1.54) is 0 Å². The molecule has 5 nitrogen and oxygen atoms in total. The molecule has 14 heavy (non-hydrogen) atoms. The zero-order valence-corrected chi connectivity index (χ0v) is 9.08. The van der Waals surface area contributed by atoms with Crippen molar-refractivity contribution in [3.05, 3.63) is 0 Å². The largest absolute Gasteiger partial charge is 0.383 e. The van der Waals surface area contributed by atoms with Crippen molar-refractivity contribution < 1.29 is 9.53 Å². The fourth-order valence-corrected chi connectivity index (χ4v) is 1.13. The Kier molecular flexibility index (Phi) is 8.51. The van der Waals surface area contributed by atoms with Gasteiger partial charge < -0.3 is 15.8 Å². The number of rotatable bonds is 8. The summed E-state index contributed by atoms with van der Waals surface area (Å²) in [6.45, 7) is 5.61. The van der Waals surface area contributed by atoms with Crippen LogP contribution < -0.4 is 11.1 Å². The lowest BCUT2D eigenvalue weighted by Crippen LogP contribution is -2.41. The van der Waals surface area contributed by atoms with Gasteiger partial charge in [0, 0.05) is 33.3 Å². The van der Waals surface area contributed by atoms with Gasteiger partial charge in [-0.15, -0.1) is 0 Å². The number of nitrogens with one attached hydrogen (secondary N) is 1. The van der Waals surface area contributed by atoms with Crippen molar-refractivity contribution in [1.82, 2.24) is 10.2 Å². The quantitative estimate of drug-likeness (QED) is 0.532. The minimum absolute atomic E-state index is 0.0389. The van der Waals surface area contributed by atoms with Gasteiger partial charge in [0.05, 0.1) is 13.2 Å². The first-order valence-corrected chi connectivity index (χ1v) is 4.92. The number of carbonyl (C=O) groups is 1. The molecule has 0 aromatic heterocycles. The smallest absolute Gasteiger partial charge is 0.234 e. The van der Waals surface area contributed by atoms with Crippen molar-refractivity contribution >= 4 is 5.91 Å². The van der Waals surface area contributed by atoms with E-state index in [-0.39, 0.29) is 5.91 Å². The third-order valence-corrected chi connectivity index (χ3v) is 1.80. The van der Waals surface area contributed by atoms with Crippen molar-refractivity contribution in [2.45, 2.75) is 6.92 Å². The summed E-state index contributed by atoms with van der Waals surface area (Å²) >= 11 is 0. The second-order valence-electron chi connectivity index (χ2n) is 3.01. The topological polar surface area (TPSA) is 67.6 Å². The molecule has 5 heteroatoms. The molecule has 0 fully saturated rings. The zero-order valence-electron chi connectivity index (χ0n) is 9.08. The Labute approximate surface area is 85.6 Å². The lowest BCUT2D eigenvalue weighted by molar-refractivity contribution is -0.122. The zero-order chi connectivity index (χ0) is 10.8. The molecule has 0 heterocycles. The predicted molar refractivity (Wildman–Crippen MR) is 56.1 cm³/mol. The molecule has 0 aromatic carbocycles. The summed E-state index contributed by atoms with van der Waals surface area (Å²) in [5.74, 6) is 0.0389. The standard InChI is InChI=1S/C9H21N3O2/c1-3-11-9(13)8-12(5-4-10)6-7-14-2/h3-8,10H2,1-2H3,(H,11,13). The van der Waals surface area contributed by atoms with E-state index < -0.39 is 0 Å². The van der Waals surface area contributed by atoms with Crippen LogP contribution in [0.4, 0.5) is 0 Å². The monoisotopic (exact) mass is 203 g/mol. The van der Waals surface area contributed by atoms with E-state index in [4.69, 9.17) is 10.5 Å². The molecule has 3 N–H and O–H groups in total. The Morgan fingerprint density at radius 2 is 2.21 bits per heavy atom. The van der Waals surface area contributed by atoms with Gasteiger partial charge in [-0.2, -0.15) is 0 Å². The molecule has 0 aliphatic rings. The molecular formula is C9H21N3O2. The molecule has 0 aliphatic carbocycles. The van der Waals surface area contributed by atoms with Crippen LogP contribution in [-0.2, 0) is 9.53 Å². The summed E-state index contributed by atoms with van der Waals surface area (Å²) in [5, 5.41) is 2.75. The van der Waals surface area contributed by atoms with Crippen LogP contribution in [0.2, 0.25) is 0 Å². The van der Waals surface area contributed by atoms with Crippen molar-refractivity contribution in [1.29, 1.82) is 0 Å². The number of carbonyl (C=O) groups excluding carboxylic acids is 1. The van der Waals surface area contributed by atoms with Gasteiger partial charge >= 0.3 is 0 Å². The van der Waals surface area contributed by atoms with Crippen LogP contribution >= 0.6 is 0 Å². The third-order valence-electron chi connectivity index (χ3n) is 1.80. The van der Waals surface area contributed by atoms with Crippen molar-refractivity contribution in [2.75, 3.05) is 46.4 Å². The first kappa shape index (κ1) is 13.4. The third kappa shape index (κ3) is 6.82. The van der Waals surface area contributed by atoms with Gasteiger partial charge in [-0.3, -0.25) is 9.69 Å². The molecule has 0 saturated heterocycles. The first-order chi connectivity index (χ1) is 6.74. The summed E-state index contributed by atoms with van der Waals surface area (Å²) in [6.07, 6.45) is 0. The fourth-order valence-electron chi connectivity index (χ4n) is 1.13. The molecule has 0 unspecified atom stereocenters. The second kappa shape index (κ2) is 8.93. The highest BCUT2D eigenvalue weighted by atomic mass is 16.5. The molecule has 0 saturated carbocycles.